The van der Waals surface area contributed by atoms with Crippen molar-refractivity contribution in [2.24, 2.45) is 0 Å². The predicted octanol–water partition coefficient (Wildman–Crippen LogP) is 6.40. The smallest absolute Gasteiger partial charge is 0.146 e. The molecule has 1 heterocycles. The molecule has 4 aromatic rings. The van der Waals surface area contributed by atoms with E-state index in [4.69, 9.17) is 9.84 Å². The molecule has 5 nitrogen and oxygen atoms in total. The molecule has 1 aromatic heterocycles. The van der Waals surface area contributed by atoms with Crippen molar-refractivity contribution in [3.05, 3.63) is 65.7 Å². The third-order valence-electron chi connectivity index (χ3n) is 5.78. The van der Waals surface area contributed by atoms with Gasteiger partial charge < -0.3 is 9.84 Å². The van der Waals surface area contributed by atoms with E-state index in [1.165, 1.54) is 0 Å². The van der Waals surface area contributed by atoms with Crippen LogP contribution >= 0.6 is 0 Å². The summed E-state index contributed by atoms with van der Waals surface area (Å²) in [5.74, 6) is 1.05. The van der Waals surface area contributed by atoms with E-state index < -0.39 is 0 Å². The summed E-state index contributed by atoms with van der Waals surface area (Å²) >= 11 is 0. The Morgan fingerprint density at radius 2 is 1.38 bits per heavy atom. The van der Waals surface area contributed by atoms with Gasteiger partial charge in [-0.05, 0) is 57.9 Å². The molecule has 1 N–H and O–H groups in total. The van der Waals surface area contributed by atoms with Crippen molar-refractivity contribution in [1.82, 2.24) is 15.0 Å². The second-order valence-electron chi connectivity index (χ2n) is 10.3. The molecular formula is C27H31N3O2. The molecule has 0 amide bonds. The Morgan fingerprint density at radius 1 is 0.750 bits per heavy atom. The Labute approximate surface area is 189 Å². The van der Waals surface area contributed by atoms with Crippen molar-refractivity contribution in [3.63, 3.8) is 0 Å². The van der Waals surface area contributed by atoms with E-state index in [0.29, 0.717) is 5.69 Å². The maximum atomic E-state index is 11.2. The second-order valence-corrected chi connectivity index (χ2v) is 10.3. The van der Waals surface area contributed by atoms with Gasteiger partial charge in [-0.1, -0.05) is 65.8 Å². The van der Waals surface area contributed by atoms with E-state index in [1.54, 1.807) is 11.9 Å². The zero-order valence-electron chi connectivity index (χ0n) is 19.9. The molecule has 0 aliphatic heterocycles. The molecule has 3 aromatic carbocycles. The van der Waals surface area contributed by atoms with Crippen LogP contribution in [0.4, 0.5) is 0 Å². The standard InChI is InChI=1S/C27H31N3O2/c1-26(2,3)19-15-21(27(4,5)6)25(31)24(16-19)30-28-22-13-10-18(14-23(22)29-30)17-8-11-20(32-7)12-9-17/h8-16,31H,1-7H3. The molecule has 4 rings (SSSR count). The average molecular weight is 430 g/mol. The third kappa shape index (κ3) is 4.07. The van der Waals surface area contributed by atoms with E-state index in [9.17, 15) is 5.11 Å². The van der Waals surface area contributed by atoms with Gasteiger partial charge in [0.15, 0.2) is 0 Å². The van der Waals surface area contributed by atoms with E-state index >= 15 is 0 Å². The van der Waals surface area contributed by atoms with Crippen LogP contribution in [0.2, 0.25) is 0 Å². The number of benzene rings is 3. The van der Waals surface area contributed by atoms with Gasteiger partial charge in [-0.2, -0.15) is 0 Å². The number of nitrogens with zero attached hydrogens (tertiary/aromatic N) is 3. The molecular weight excluding hydrogens is 398 g/mol. The summed E-state index contributed by atoms with van der Waals surface area (Å²) in [6.07, 6.45) is 0. The fraction of sp³-hybridized carbons (Fsp3) is 0.333. The molecule has 0 aliphatic carbocycles. The highest BCUT2D eigenvalue weighted by Gasteiger charge is 2.26. The van der Waals surface area contributed by atoms with Gasteiger partial charge in [-0.15, -0.1) is 15.0 Å². The second kappa shape index (κ2) is 7.66. The number of hydrogen-bond acceptors (Lipinski definition) is 4. The lowest BCUT2D eigenvalue weighted by Crippen LogP contribution is -2.18. The average Bonchev–Trinajstić information content (AvgIpc) is 3.15. The highest BCUT2D eigenvalue weighted by molar-refractivity contribution is 5.81. The van der Waals surface area contributed by atoms with E-state index in [2.05, 4.69) is 52.7 Å². The van der Waals surface area contributed by atoms with Gasteiger partial charge in [0, 0.05) is 5.56 Å². The van der Waals surface area contributed by atoms with Gasteiger partial charge in [0.05, 0.1) is 7.11 Å². The third-order valence-corrected chi connectivity index (χ3v) is 5.78. The number of phenols is 1. The van der Waals surface area contributed by atoms with E-state index in [-0.39, 0.29) is 16.6 Å². The Hall–Kier alpha value is -3.34. The molecule has 0 fully saturated rings. The van der Waals surface area contributed by atoms with E-state index in [1.807, 2.05) is 48.5 Å². The summed E-state index contributed by atoms with van der Waals surface area (Å²) in [6.45, 7) is 12.8. The molecule has 166 valence electrons. The summed E-state index contributed by atoms with van der Waals surface area (Å²) in [7, 11) is 1.66. The minimum absolute atomic E-state index is 0.0729. The highest BCUT2D eigenvalue weighted by atomic mass is 16.5. The van der Waals surface area contributed by atoms with Crippen molar-refractivity contribution < 1.29 is 9.84 Å². The number of methoxy groups -OCH3 is 1. The topological polar surface area (TPSA) is 60.2 Å². The van der Waals surface area contributed by atoms with Crippen LogP contribution in [0.1, 0.15) is 52.7 Å². The van der Waals surface area contributed by atoms with Gasteiger partial charge in [0.25, 0.3) is 0 Å². The van der Waals surface area contributed by atoms with Crippen LogP contribution < -0.4 is 4.74 Å². The Bertz CT molecular complexity index is 1270. The van der Waals surface area contributed by atoms with Crippen molar-refractivity contribution >= 4 is 11.0 Å². The molecule has 0 atom stereocenters. The lowest BCUT2D eigenvalue weighted by atomic mass is 9.80. The SMILES string of the molecule is COc1ccc(-c2ccc3nn(-c4cc(C(C)(C)C)cc(C(C)(C)C)c4O)nc3c2)cc1. The molecule has 0 unspecified atom stereocenters. The Morgan fingerprint density at radius 3 is 1.97 bits per heavy atom. The first-order valence-corrected chi connectivity index (χ1v) is 10.9. The Balaban J connectivity index is 1.84. The van der Waals surface area contributed by atoms with Gasteiger partial charge >= 0.3 is 0 Å². The van der Waals surface area contributed by atoms with Gasteiger partial charge in [-0.25, -0.2) is 0 Å². The van der Waals surface area contributed by atoms with Crippen LogP contribution in [0, 0.1) is 0 Å². The van der Waals surface area contributed by atoms with Crippen LogP contribution in [0.5, 0.6) is 11.5 Å². The molecule has 0 bridgehead atoms. The summed E-state index contributed by atoms with van der Waals surface area (Å²) < 4.78 is 5.26. The van der Waals surface area contributed by atoms with Crippen LogP contribution in [0.3, 0.4) is 0 Å². The van der Waals surface area contributed by atoms with Crippen LogP contribution in [-0.2, 0) is 10.8 Å². The number of phenolic OH excluding ortho intramolecular Hbond substituents is 1. The largest absolute Gasteiger partial charge is 0.505 e. The first kappa shape index (κ1) is 21.9. The summed E-state index contributed by atoms with van der Waals surface area (Å²) in [4.78, 5) is 1.56. The predicted molar refractivity (Wildman–Crippen MR) is 130 cm³/mol. The zero-order chi connectivity index (χ0) is 23.3. The lowest BCUT2D eigenvalue weighted by Gasteiger charge is -2.27. The van der Waals surface area contributed by atoms with E-state index in [0.717, 1.165) is 39.0 Å². The molecule has 0 spiro atoms. The highest BCUT2D eigenvalue weighted by Crippen LogP contribution is 2.39. The van der Waals surface area contributed by atoms with Crippen LogP contribution in [0.25, 0.3) is 27.8 Å². The minimum atomic E-state index is -0.214. The minimum Gasteiger partial charge on any atom is -0.505 e. The monoisotopic (exact) mass is 429 g/mol. The number of rotatable bonds is 3. The quantitative estimate of drug-likeness (QED) is 0.409. The molecule has 32 heavy (non-hydrogen) atoms. The Kier molecular flexibility index (Phi) is 5.24. The van der Waals surface area contributed by atoms with Crippen LogP contribution in [-0.4, -0.2) is 27.2 Å². The van der Waals surface area contributed by atoms with Crippen molar-refractivity contribution in [1.29, 1.82) is 0 Å². The summed E-state index contributed by atoms with van der Waals surface area (Å²) in [5, 5.41) is 20.6. The van der Waals surface area contributed by atoms with Crippen molar-refractivity contribution in [2.75, 3.05) is 7.11 Å². The lowest BCUT2D eigenvalue weighted by molar-refractivity contribution is 0.415. The summed E-state index contributed by atoms with van der Waals surface area (Å²) in [6, 6.07) is 18.1. The first-order valence-electron chi connectivity index (χ1n) is 10.9. The number of aromatic nitrogens is 3. The van der Waals surface area contributed by atoms with Gasteiger partial charge in [0.1, 0.15) is 28.2 Å². The van der Waals surface area contributed by atoms with Crippen molar-refractivity contribution in [2.45, 2.75) is 52.4 Å². The molecule has 5 heteroatoms. The molecule has 0 radical (unpaired) electrons. The van der Waals surface area contributed by atoms with Crippen LogP contribution in [0.15, 0.2) is 54.6 Å². The maximum absolute atomic E-state index is 11.2. The number of fused-ring (bicyclic) bond motifs is 1. The van der Waals surface area contributed by atoms with Crippen molar-refractivity contribution in [3.8, 4) is 28.3 Å². The zero-order valence-corrected chi connectivity index (χ0v) is 19.9. The molecule has 0 saturated carbocycles. The molecule has 0 aliphatic rings. The molecule has 0 saturated heterocycles. The number of hydrogen-bond donors (Lipinski definition) is 1. The van der Waals surface area contributed by atoms with Gasteiger partial charge in [0.2, 0.25) is 0 Å². The normalized spacial score (nSPS) is 12.3. The fourth-order valence-electron chi connectivity index (χ4n) is 3.76. The first-order chi connectivity index (χ1) is 15.0. The van der Waals surface area contributed by atoms with Gasteiger partial charge in [-0.3, -0.25) is 0 Å². The number of ether oxygens (including phenoxy) is 1. The number of aromatic hydroxyl groups is 1. The maximum Gasteiger partial charge on any atom is 0.146 e. The fourth-order valence-corrected chi connectivity index (χ4v) is 3.76. The summed E-state index contributed by atoms with van der Waals surface area (Å²) in [5.41, 5.74) is 6.02.